The van der Waals surface area contributed by atoms with E-state index in [9.17, 15) is 13.6 Å². The molecule has 0 spiro atoms. The Kier molecular flexibility index (Phi) is 4.85. The van der Waals surface area contributed by atoms with E-state index in [0.29, 0.717) is 24.8 Å². The average molecular weight is 268 g/mol. The molecule has 1 heterocycles. The molecule has 0 bridgehead atoms. The van der Waals surface area contributed by atoms with Crippen LogP contribution in [0.1, 0.15) is 18.4 Å². The van der Waals surface area contributed by atoms with Gasteiger partial charge in [-0.2, -0.15) is 0 Å². The fourth-order valence-electron chi connectivity index (χ4n) is 2.24. The molecule has 5 heteroatoms. The number of aryl methyl sites for hydroxylation is 1. The molecule has 1 aromatic carbocycles. The Hall–Kier alpha value is -1.49. The van der Waals surface area contributed by atoms with Gasteiger partial charge in [0.25, 0.3) is 0 Å². The zero-order valence-corrected chi connectivity index (χ0v) is 10.8. The molecule has 0 atom stereocenters. The first-order valence-electron chi connectivity index (χ1n) is 6.59. The first kappa shape index (κ1) is 13.9. The molecule has 3 nitrogen and oxygen atoms in total. The maximum Gasteiger partial charge on any atom is 0.222 e. The van der Waals surface area contributed by atoms with Gasteiger partial charge in [0.1, 0.15) is 11.6 Å². The van der Waals surface area contributed by atoms with Crippen LogP contribution in [0.5, 0.6) is 0 Å². The predicted molar refractivity (Wildman–Crippen MR) is 68.7 cm³/mol. The highest BCUT2D eigenvalue weighted by atomic mass is 19.1. The molecule has 0 aromatic heterocycles. The minimum Gasteiger partial charge on any atom is -0.340 e. The molecule has 1 amide bonds. The molecule has 1 N–H and O–H groups in total. The quantitative estimate of drug-likeness (QED) is 0.901. The first-order chi connectivity index (χ1) is 9.16. The van der Waals surface area contributed by atoms with Crippen molar-refractivity contribution in [2.75, 3.05) is 26.2 Å². The van der Waals surface area contributed by atoms with Gasteiger partial charge in [-0.15, -0.1) is 0 Å². The number of piperazine rings is 1. The van der Waals surface area contributed by atoms with E-state index in [2.05, 4.69) is 5.32 Å². The number of benzene rings is 1. The number of nitrogens with zero attached hydrogens (tertiary/aromatic N) is 1. The molecule has 1 aliphatic rings. The second kappa shape index (κ2) is 6.61. The lowest BCUT2D eigenvalue weighted by molar-refractivity contribution is -0.131. The number of rotatable bonds is 4. The van der Waals surface area contributed by atoms with Crippen molar-refractivity contribution in [2.24, 2.45) is 0 Å². The van der Waals surface area contributed by atoms with Crippen molar-refractivity contribution < 1.29 is 13.6 Å². The Morgan fingerprint density at radius 3 is 2.74 bits per heavy atom. The molecular formula is C14H18F2N2O. The highest BCUT2D eigenvalue weighted by Gasteiger charge is 2.15. The van der Waals surface area contributed by atoms with Gasteiger partial charge in [-0.05, 0) is 36.6 Å². The van der Waals surface area contributed by atoms with Crippen LogP contribution in [0.15, 0.2) is 18.2 Å². The van der Waals surface area contributed by atoms with E-state index < -0.39 is 11.6 Å². The molecule has 0 unspecified atom stereocenters. The number of hydrogen-bond donors (Lipinski definition) is 1. The highest BCUT2D eigenvalue weighted by molar-refractivity contribution is 5.76. The normalized spacial score (nSPS) is 15.6. The third-order valence-corrected chi connectivity index (χ3v) is 3.31. The Morgan fingerprint density at radius 1 is 1.26 bits per heavy atom. The van der Waals surface area contributed by atoms with Crippen LogP contribution in [0, 0.1) is 11.6 Å². The fraction of sp³-hybridized carbons (Fsp3) is 0.500. The van der Waals surface area contributed by atoms with E-state index in [1.165, 1.54) is 6.07 Å². The minimum atomic E-state index is -0.440. The summed E-state index contributed by atoms with van der Waals surface area (Å²) in [6.07, 6.45) is 1.32. The molecule has 1 aromatic rings. The van der Waals surface area contributed by atoms with Crippen molar-refractivity contribution in [1.29, 1.82) is 0 Å². The summed E-state index contributed by atoms with van der Waals surface area (Å²) in [5.41, 5.74) is 0.341. The SMILES string of the molecule is O=C(CCCc1cc(F)ccc1F)N1CCNCC1. The Balaban J connectivity index is 1.79. The fourth-order valence-corrected chi connectivity index (χ4v) is 2.24. The molecule has 2 rings (SSSR count). The zero-order valence-electron chi connectivity index (χ0n) is 10.8. The number of halogens is 2. The van der Waals surface area contributed by atoms with Gasteiger partial charge >= 0.3 is 0 Å². The van der Waals surface area contributed by atoms with Crippen molar-refractivity contribution >= 4 is 5.91 Å². The van der Waals surface area contributed by atoms with E-state index in [4.69, 9.17) is 0 Å². The first-order valence-corrected chi connectivity index (χ1v) is 6.59. The Bertz CT molecular complexity index is 445. The molecule has 0 saturated carbocycles. The lowest BCUT2D eigenvalue weighted by Crippen LogP contribution is -2.46. The van der Waals surface area contributed by atoms with Crippen LogP contribution in [-0.2, 0) is 11.2 Å². The molecule has 1 saturated heterocycles. The van der Waals surface area contributed by atoms with Gasteiger partial charge in [-0.1, -0.05) is 0 Å². The van der Waals surface area contributed by atoms with E-state index in [1.807, 2.05) is 4.90 Å². The molecule has 1 fully saturated rings. The standard InChI is InChI=1S/C14H18F2N2O/c15-12-4-5-13(16)11(10-12)2-1-3-14(19)18-8-6-17-7-9-18/h4-5,10,17H,1-3,6-9H2. The second-order valence-electron chi connectivity index (χ2n) is 4.72. The molecule has 0 radical (unpaired) electrons. The number of hydrogen-bond acceptors (Lipinski definition) is 2. The van der Waals surface area contributed by atoms with Crippen LogP contribution < -0.4 is 5.32 Å². The molecular weight excluding hydrogens is 250 g/mol. The molecule has 1 aliphatic heterocycles. The van der Waals surface area contributed by atoms with Crippen LogP contribution in [0.3, 0.4) is 0 Å². The summed E-state index contributed by atoms with van der Waals surface area (Å²) in [6, 6.07) is 3.43. The predicted octanol–water partition coefficient (Wildman–Crippen LogP) is 1.72. The third kappa shape index (κ3) is 3.99. The van der Waals surface area contributed by atoms with E-state index in [1.54, 1.807) is 0 Å². The summed E-state index contributed by atoms with van der Waals surface area (Å²) in [7, 11) is 0. The van der Waals surface area contributed by atoms with Gasteiger partial charge in [0, 0.05) is 32.6 Å². The molecule has 19 heavy (non-hydrogen) atoms. The summed E-state index contributed by atoms with van der Waals surface area (Å²) in [4.78, 5) is 13.7. The molecule has 104 valence electrons. The zero-order chi connectivity index (χ0) is 13.7. The summed E-state index contributed by atoms with van der Waals surface area (Å²) < 4.78 is 26.4. The maximum atomic E-state index is 13.4. The van der Waals surface area contributed by atoms with Crippen LogP contribution in [-0.4, -0.2) is 37.0 Å². The Morgan fingerprint density at radius 2 is 2.00 bits per heavy atom. The van der Waals surface area contributed by atoms with Gasteiger partial charge in [0.2, 0.25) is 5.91 Å². The van der Waals surface area contributed by atoms with Crippen LogP contribution in [0.2, 0.25) is 0 Å². The van der Waals surface area contributed by atoms with Crippen molar-refractivity contribution in [3.63, 3.8) is 0 Å². The van der Waals surface area contributed by atoms with Gasteiger partial charge < -0.3 is 10.2 Å². The van der Waals surface area contributed by atoms with Gasteiger partial charge in [-0.25, -0.2) is 8.78 Å². The van der Waals surface area contributed by atoms with E-state index >= 15 is 0 Å². The lowest BCUT2D eigenvalue weighted by Gasteiger charge is -2.27. The number of nitrogens with one attached hydrogen (secondary N) is 1. The van der Waals surface area contributed by atoms with Crippen molar-refractivity contribution in [1.82, 2.24) is 10.2 Å². The van der Waals surface area contributed by atoms with Crippen molar-refractivity contribution in [2.45, 2.75) is 19.3 Å². The topological polar surface area (TPSA) is 32.3 Å². The lowest BCUT2D eigenvalue weighted by atomic mass is 10.1. The van der Waals surface area contributed by atoms with E-state index in [-0.39, 0.29) is 5.91 Å². The minimum absolute atomic E-state index is 0.0957. The van der Waals surface area contributed by atoms with Crippen LogP contribution in [0.25, 0.3) is 0 Å². The third-order valence-electron chi connectivity index (χ3n) is 3.31. The summed E-state index contributed by atoms with van der Waals surface area (Å²) in [5, 5.41) is 3.18. The van der Waals surface area contributed by atoms with Crippen LogP contribution >= 0.6 is 0 Å². The summed E-state index contributed by atoms with van der Waals surface area (Å²) in [6.45, 7) is 3.11. The molecule has 0 aliphatic carbocycles. The number of carbonyl (C=O) groups is 1. The maximum absolute atomic E-state index is 13.4. The smallest absolute Gasteiger partial charge is 0.222 e. The highest BCUT2D eigenvalue weighted by Crippen LogP contribution is 2.13. The average Bonchev–Trinajstić information content (AvgIpc) is 2.43. The van der Waals surface area contributed by atoms with Gasteiger partial charge in [0.05, 0.1) is 0 Å². The van der Waals surface area contributed by atoms with Gasteiger partial charge in [0.15, 0.2) is 0 Å². The number of amides is 1. The van der Waals surface area contributed by atoms with E-state index in [0.717, 1.165) is 38.3 Å². The number of carbonyl (C=O) groups excluding carboxylic acids is 1. The largest absolute Gasteiger partial charge is 0.340 e. The van der Waals surface area contributed by atoms with Crippen molar-refractivity contribution in [3.05, 3.63) is 35.4 Å². The summed E-state index contributed by atoms with van der Waals surface area (Å²) in [5.74, 6) is -0.751. The second-order valence-corrected chi connectivity index (χ2v) is 4.72. The van der Waals surface area contributed by atoms with Gasteiger partial charge in [-0.3, -0.25) is 4.79 Å². The monoisotopic (exact) mass is 268 g/mol. The van der Waals surface area contributed by atoms with Crippen molar-refractivity contribution in [3.8, 4) is 0 Å². The van der Waals surface area contributed by atoms with Crippen LogP contribution in [0.4, 0.5) is 8.78 Å². The Labute approximate surface area is 111 Å². The summed E-state index contributed by atoms with van der Waals surface area (Å²) >= 11 is 0.